The molecule has 27 heavy (non-hydrogen) atoms. The maximum Gasteiger partial charge on any atom is 0.310 e. The summed E-state index contributed by atoms with van der Waals surface area (Å²) >= 11 is 0. The van der Waals surface area contributed by atoms with E-state index in [4.69, 9.17) is 9.47 Å². The number of amides is 1. The fourth-order valence-electron chi connectivity index (χ4n) is 2.96. The minimum absolute atomic E-state index is 0.0204. The molecule has 1 fully saturated rings. The summed E-state index contributed by atoms with van der Waals surface area (Å²) in [6.45, 7) is 5.53. The minimum Gasteiger partial charge on any atom is -0.493 e. The van der Waals surface area contributed by atoms with Crippen LogP contribution in [0.1, 0.15) is 30.9 Å². The first-order chi connectivity index (χ1) is 12.6. The van der Waals surface area contributed by atoms with Crippen LogP contribution < -0.4 is 4.74 Å². The van der Waals surface area contributed by atoms with Gasteiger partial charge in [-0.2, -0.15) is 0 Å². The van der Waals surface area contributed by atoms with Gasteiger partial charge in [0.05, 0.1) is 24.5 Å². The van der Waals surface area contributed by atoms with Gasteiger partial charge < -0.3 is 14.4 Å². The fourth-order valence-corrected chi connectivity index (χ4v) is 4.74. The Morgan fingerprint density at radius 3 is 2.63 bits per heavy atom. The summed E-state index contributed by atoms with van der Waals surface area (Å²) in [6, 6.07) is 5.46. The molecule has 0 aliphatic carbocycles. The van der Waals surface area contributed by atoms with E-state index in [0.717, 1.165) is 11.1 Å². The van der Waals surface area contributed by atoms with Crippen LogP contribution in [0.4, 0.5) is 0 Å². The van der Waals surface area contributed by atoms with Crippen LogP contribution in [0.5, 0.6) is 5.75 Å². The molecule has 7 nitrogen and oxygen atoms in total. The quantitative estimate of drug-likeness (QED) is 0.650. The monoisotopic (exact) mass is 397 g/mol. The van der Waals surface area contributed by atoms with Crippen LogP contribution in [0.25, 0.3) is 0 Å². The third-order valence-electron chi connectivity index (χ3n) is 4.67. The predicted octanol–water partition coefficient (Wildman–Crippen LogP) is 1.65. The number of benzene rings is 1. The summed E-state index contributed by atoms with van der Waals surface area (Å²) in [5.74, 6) is -0.178. The van der Waals surface area contributed by atoms with Gasteiger partial charge in [0.1, 0.15) is 5.75 Å². The highest BCUT2D eigenvalue weighted by molar-refractivity contribution is 7.91. The largest absolute Gasteiger partial charge is 0.493 e. The van der Waals surface area contributed by atoms with Gasteiger partial charge in [-0.15, -0.1) is 0 Å². The van der Waals surface area contributed by atoms with Gasteiger partial charge in [-0.3, -0.25) is 9.59 Å². The third kappa shape index (κ3) is 5.95. The molecule has 0 spiro atoms. The SMILES string of the molecule is Cc1ccc(C)c(OCCC(=O)OC(C)C(=O)N(C)C2CCS(=O)(=O)C2)c1. The summed E-state index contributed by atoms with van der Waals surface area (Å²) in [7, 11) is -1.54. The second-order valence-electron chi connectivity index (χ2n) is 7.01. The zero-order chi connectivity index (χ0) is 20.2. The van der Waals surface area contributed by atoms with E-state index >= 15 is 0 Å². The Bertz CT molecular complexity index is 804. The highest BCUT2D eigenvalue weighted by Crippen LogP contribution is 2.20. The topological polar surface area (TPSA) is 90.0 Å². The van der Waals surface area contributed by atoms with Gasteiger partial charge in [-0.05, 0) is 44.4 Å². The molecule has 2 rings (SSSR count). The Kier molecular flexibility index (Phi) is 6.86. The van der Waals surface area contributed by atoms with Crippen molar-refractivity contribution in [1.82, 2.24) is 4.90 Å². The van der Waals surface area contributed by atoms with Gasteiger partial charge in [0, 0.05) is 13.1 Å². The Morgan fingerprint density at radius 1 is 1.30 bits per heavy atom. The summed E-state index contributed by atoms with van der Waals surface area (Å²) in [5, 5.41) is 0. The number of rotatable bonds is 7. The van der Waals surface area contributed by atoms with Crippen LogP contribution in [-0.2, 0) is 24.2 Å². The predicted molar refractivity (Wildman–Crippen MR) is 101 cm³/mol. The standard InChI is InChI=1S/C19H27NO6S/c1-13-5-6-14(2)17(11-13)25-9-7-18(21)26-15(3)19(22)20(4)16-8-10-27(23,24)12-16/h5-6,11,15-16H,7-10,12H2,1-4H3. The van der Waals surface area contributed by atoms with Crippen molar-refractivity contribution >= 4 is 21.7 Å². The van der Waals surface area contributed by atoms with E-state index in [9.17, 15) is 18.0 Å². The van der Waals surface area contributed by atoms with E-state index in [0.29, 0.717) is 12.2 Å². The average molecular weight is 397 g/mol. The number of carbonyl (C=O) groups is 2. The lowest BCUT2D eigenvalue weighted by molar-refractivity contribution is -0.159. The molecule has 1 aromatic carbocycles. The minimum atomic E-state index is -3.09. The number of ether oxygens (including phenoxy) is 2. The molecule has 0 saturated carbocycles. The van der Waals surface area contributed by atoms with Crippen molar-refractivity contribution in [2.45, 2.75) is 45.8 Å². The molecule has 0 aromatic heterocycles. The van der Waals surface area contributed by atoms with Crippen molar-refractivity contribution < 1.29 is 27.5 Å². The van der Waals surface area contributed by atoms with E-state index in [-0.39, 0.29) is 30.6 Å². The number of likely N-dealkylation sites (N-methyl/N-ethyl adjacent to an activating group) is 1. The lowest BCUT2D eigenvalue weighted by Crippen LogP contribution is -2.44. The van der Waals surface area contributed by atoms with Crippen molar-refractivity contribution in [3.05, 3.63) is 29.3 Å². The van der Waals surface area contributed by atoms with Crippen LogP contribution in [0.3, 0.4) is 0 Å². The van der Waals surface area contributed by atoms with Gasteiger partial charge in [0.25, 0.3) is 5.91 Å². The molecule has 1 aromatic rings. The molecule has 0 radical (unpaired) electrons. The molecule has 1 aliphatic heterocycles. The Balaban J connectivity index is 1.79. The lowest BCUT2D eigenvalue weighted by Gasteiger charge is -2.26. The summed E-state index contributed by atoms with van der Waals surface area (Å²) in [5.41, 5.74) is 2.04. The van der Waals surface area contributed by atoms with Gasteiger partial charge in [0.2, 0.25) is 0 Å². The maximum absolute atomic E-state index is 12.4. The van der Waals surface area contributed by atoms with Crippen LogP contribution in [-0.4, -0.2) is 62.5 Å². The van der Waals surface area contributed by atoms with E-state index in [1.165, 1.54) is 11.8 Å². The summed E-state index contributed by atoms with van der Waals surface area (Å²) in [6.07, 6.45) is -0.534. The molecular formula is C19H27NO6S. The highest BCUT2D eigenvalue weighted by Gasteiger charge is 2.34. The van der Waals surface area contributed by atoms with Crippen LogP contribution in [0.15, 0.2) is 18.2 Å². The van der Waals surface area contributed by atoms with E-state index in [1.54, 1.807) is 7.05 Å². The Hall–Kier alpha value is -2.09. The smallest absolute Gasteiger partial charge is 0.310 e. The summed E-state index contributed by atoms with van der Waals surface area (Å²) < 4.78 is 33.9. The number of sulfone groups is 1. The second kappa shape index (κ2) is 8.73. The van der Waals surface area contributed by atoms with Crippen LogP contribution in [0, 0.1) is 13.8 Å². The number of hydrogen-bond acceptors (Lipinski definition) is 6. The molecule has 2 atom stereocenters. The van der Waals surface area contributed by atoms with E-state index < -0.39 is 27.8 Å². The highest BCUT2D eigenvalue weighted by atomic mass is 32.2. The summed E-state index contributed by atoms with van der Waals surface area (Å²) in [4.78, 5) is 25.7. The third-order valence-corrected chi connectivity index (χ3v) is 6.42. The average Bonchev–Trinajstić information content (AvgIpc) is 2.96. The molecule has 8 heteroatoms. The van der Waals surface area contributed by atoms with Crippen LogP contribution >= 0.6 is 0 Å². The number of hydrogen-bond donors (Lipinski definition) is 0. The second-order valence-corrected chi connectivity index (χ2v) is 9.23. The lowest BCUT2D eigenvalue weighted by atomic mass is 10.1. The van der Waals surface area contributed by atoms with Crippen molar-refractivity contribution in [1.29, 1.82) is 0 Å². The molecular weight excluding hydrogens is 370 g/mol. The van der Waals surface area contributed by atoms with E-state index in [1.807, 2.05) is 32.0 Å². The number of aryl methyl sites for hydroxylation is 2. The first kappa shape index (κ1) is 21.2. The molecule has 150 valence electrons. The van der Waals surface area contributed by atoms with Gasteiger partial charge in [0.15, 0.2) is 15.9 Å². The van der Waals surface area contributed by atoms with Gasteiger partial charge >= 0.3 is 5.97 Å². The normalized spacial score (nSPS) is 19.3. The zero-order valence-corrected chi connectivity index (χ0v) is 17.0. The Morgan fingerprint density at radius 2 is 2.00 bits per heavy atom. The molecule has 1 amide bonds. The first-order valence-corrected chi connectivity index (χ1v) is 10.8. The zero-order valence-electron chi connectivity index (χ0n) is 16.2. The van der Waals surface area contributed by atoms with Crippen molar-refractivity contribution in [2.75, 3.05) is 25.2 Å². The molecule has 2 unspecified atom stereocenters. The molecule has 1 aliphatic rings. The number of nitrogens with zero attached hydrogens (tertiary/aromatic N) is 1. The molecule has 1 heterocycles. The van der Waals surface area contributed by atoms with Crippen molar-refractivity contribution in [2.24, 2.45) is 0 Å². The van der Waals surface area contributed by atoms with Gasteiger partial charge in [-0.1, -0.05) is 12.1 Å². The van der Waals surface area contributed by atoms with Crippen molar-refractivity contribution in [3.8, 4) is 5.75 Å². The molecule has 1 saturated heterocycles. The van der Waals surface area contributed by atoms with Gasteiger partial charge in [-0.25, -0.2) is 8.42 Å². The Labute approximate surface area is 160 Å². The molecule has 0 N–H and O–H groups in total. The van der Waals surface area contributed by atoms with Crippen LogP contribution in [0.2, 0.25) is 0 Å². The van der Waals surface area contributed by atoms with E-state index in [2.05, 4.69) is 0 Å². The number of esters is 1. The molecule has 0 bridgehead atoms. The van der Waals surface area contributed by atoms with Crippen molar-refractivity contribution in [3.63, 3.8) is 0 Å². The first-order valence-electron chi connectivity index (χ1n) is 8.95. The maximum atomic E-state index is 12.4. The fraction of sp³-hybridized carbons (Fsp3) is 0.579. The number of carbonyl (C=O) groups excluding carboxylic acids is 2.